The Kier molecular flexibility index (Phi) is 8.14. The number of hydrogen-bond acceptors (Lipinski definition) is 5. The van der Waals surface area contributed by atoms with Gasteiger partial charge in [0.1, 0.15) is 0 Å². The summed E-state index contributed by atoms with van der Waals surface area (Å²) in [5.74, 6) is 0.439. The molecule has 2 aliphatic carbocycles. The van der Waals surface area contributed by atoms with Gasteiger partial charge in [0.15, 0.2) is 28.0 Å². The van der Waals surface area contributed by atoms with E-state index in [1.54, 1.807) is 0 Å². The highest BCUT2D eigenvalue weighted by atomic mass is 28.4. The van der Waals surface area contributed by atoms with Crippen LogP contribution in [-0.4, -0.2) is 46.7 Å². The third kappa shape index (κ3) is 5.23. The number of carbonyl (C=O) groups excluding carboxylic acids is 2. The summed E-state index contributed by atoms with van der Waals surface area (Å²) in [6, 6.07) is 0. The summed E-state index contributed by atoms with van der Waals surface area (Å²) < 4.78 is 20.3. The van der Waals surface area contributed by atoms with Crippen LogP contribution in [0.2, 0.25) is 36.3 Å². The van der Waals surface area contributed by atoms with Crippen molar-refractivity contribution in [2.24, 2.45) is 22.7 Å². The van der Waals surface area contributed by atoms with Crippen molar-refractivity contribution in [1.82, 2.24) is 0 Å². The van der Waals surface area contributed by atoms with E-state index in [0.29, 0.717) is 24.3 Å². The zero-order valence-electron chi connectivity index (χ0n) is 27.4. The average molecular weight is 577 g/mol. The summed E-state index contributed by atoms with van der Waals surface area (Å²) in [6.45, 7) is 36.0. The van der Waals surface area contributed by atoms with E-state index in [4.69, 9.17) is 13.6 Å². The zero-order valence-corrected chi connectivity index (χ0v) is 29.4. The molecule has 0 spiro atoms. The molecule has 3 rings (SSSR count). The van der Waals surface area contributed by atoms with Gasteiger partial charge in [-0.1, -0.05) is 75.8 Å². The number of allylic oxidation sites excluding steroid dienone is 1. The lowest BCUT2D eigenvalue weighted by molar-refractivity contribution is -0.145. The molecule has 0 unspecified atom stereocenters. The average Bonchev–Trinajstić information content (AvgIpc) is 3.13. The molecule has 0 radical (unpaired) electrons. The quantitative estimate of drug-likeness (QED) is 0.174. The molecule has 1 aliphatic heterocycles. The molecule has 222 valence electrons. The van der Waals surface area contributed by atoms with Crippen molar-refractivity contribution in [1.29, 1.82) is 0 Å². The fraction of sp³-hybridized carbons (Fsp3) is 0.812. The van der Waals surface area contributed by atoms with E-state index < -0.39 is 27.7 Å². The highest BCUT2D eigenvalue weighted by Gasteiger charge is 2.68. The van der Waals surface area contributed by atoms with E-state index in [1.165, 1.54) is 0 Å². The molecule has 2 fully saturated rings. The van der Waals surface area contributed by atoms with Crippen molar-refractivity contribution in [3.8, 4) is 0 Å². The van der Waals surface area contributed by atoms with Crippen LogP contribution in [0.15, 0.2) is 23.8 Å². The SMILES string of the molecule is C=C(CO[Si](C)(C)C(C)(C)C)[C@@]12C=C3C(=O)C[C@H](C(C)C)[C@@]3(C)C[C@@H](O[Si](C)(C)C(C)(C)C)[C@]1(C)CC(=O)O2. The number of esters is 1. The predicted octanol–water partition coefficient (Wildman–Crippen LogP) is 8.23. The molecule has 1 heterocycles. The maximum absolute atomic E-state index is 13.7. The number of fused-ring (bicyclic) bond motifs is 2. The zero-order chi connectivity index (χ0) is 30.2. The van der Waals surface area contributed by atoms with Crippen molar-refractivity contribution in [2.45, 2.75) is 136 Å². The van der Waals surface area contributed by atoms with Gasteiger partial charge in [0.25, 0.3) is 0 Å². The minimum absolute atomic E-state index is 0.00957. The molecule has 1 saturated heterocycles. The second-order valence-electron chi connectivity index (χ2n) is 16.5. The molecule has 0 amide bonds. The van der Waals surface area contributed by atoms with Crippen molar-refractivity contribution in [2.75, 3.05) is 6.61 Å². The van der Waals surface area contributed by atoms with Gasteiger partial charge >= 0.3 is 5.97 Å². The van der Waals surface area contributed by atoms with Crippen LogP contribution in [0.1, 0.15) is 88.5 Å². The number of ether oxygens (including phenoxy) is 1. The molecule has 0 N–H and O–H groups in total. The Morgan fingerprint density at radius 1 is 1.05 bits per heavy atom. The molecule has 0 aromatic rings. The highest BCUT2D eigenvalue weighted by molar-refractivity contribution is 6.74. The predicted molar refractivity (Wildman–Crippen MR) is 165 cm³/mol. The van der Waals surface area contributed by atoms with E-state index in [0.717, 1.165) is 5.57 Å². The third-order valence-electron chi connectivity index (χ3n) is 11.4. The maximum atomic E-state index is 13.7. The van der Waals surface area contributed by atoms with E-state index in [-0.39, 0.29) is 52.3 Å². The largest absolute Gasteiger partial charge is 0.449 e. The second-order valence-corrected chi connectivity index (χ2v) is 26.0. The Bertz CT molecular complexity index is 1060. The van der Waals surface area contributed by atoms with Gasteiger partial charge in [0, 0.05) is 17.4 Å². The number of carbonyl (C=O) groups is 2. The lowest BCUT2D eigenvalue weighted by Gasteiger charge is -2.50. The number of ketones is 1. The van der Waals surface area contributed by atoms with E-state index in [2.05, 4.69) is 102 Å². The first-order valence-corrected chi connectivity index (χ1v) is 20.6. The summed E-state index contributed by atoms with van der Waals surface area (Å²) in [5, 5.41) is 0.0192. The number of rotatable bonds is 7. The van der Waals surface area contributed by atoms with Crippen LogP contribution < -0.4 is 0 Å². The standard InChI is InChI=1S/C32H56O5Si2/c1-21(2)23-16-25(33)24-17-32(22(3)20-35-38(12,13)28(4,5)6)31(11,19-27(34)36-32)26(18-30(23,24)10)37-39(14,15)29(7,8)9/h17,21,23,26H,3,16,18-20H2,1-2,4-15H3/t23-,26-,30-,31+,32+/m1/s1. The Morgan fingerprint density at radius 2 is 1.59 bits per heavy atom. The summed E-state index contributed by atoms with van der Waals surface area (Å²) in [4.78, 5) is 27.0. The number of hydrogen-bond donors (Lipinski definition) is 0. The topological polar surface area (TPSA) is 61.8 Å². The van der Waals surface area contributed by atoms with Crippen LogP contribution in [-0.2, 0) is 23.2 Å². The van der Waals surface area contributed by atoms with Gasteiger partial charge in [-0.05, 0) is 66.2 Å². The first-order chi connectivity index (χ1) is 17.3. The Balaban J connectivity index is 2.24. The molecule has 0 bridgehead atoms. The van der Waals surface area contributed by atoms with Gasteiger partial charge in [-0.25, -0.2) is 0 Å². The van der Waals surface area contributed by atoms with Gasteiger partial charge in [-0.2, -0.15) is 0 Å². The van der Waals surface area contributed by atoms with Crippen LogP contribution in [0.25, 0.3) is 0 Å². The van der Waals surface area contributed by atoms with E-state index >= 15 is 0 Å². The Morgan fingerprint density at radius 3 is 2.08 bits per heavy atom. The van der Waals surface area contributed by atoms with Crippen molar-refractivity contribution >= 4 is 28.4 Å². The summed E-state index contributed by atoms with van der Waals surface area (Å²) in [7, 11) is -4.36. The lowest BCUT2D eigenvalue weighted by Crippen LogP contribution is -2.56. The minimum Gasteiger partial charge on any atom is -0.449 e. The van der Waals surface area contributed by atoms with Gasteiger partial charge < -0.3 is 13.6 Å². The molecule has 5 nitrogen and oxygen atoms in total. The monoisotopic (exact) mass is 576 g/mol. The van der Waals surface area contributed by atoms with Gasteiger partial charge in [0.2, 0.25) is 0 Å². The minimum atomic E-state index is -2.26. The summed E-state index contributed by atoms with van der Waals surface area (Å²) in [5.41, 5.74) is -0.742. The molecule has 0 aromatic heterocycles. The van der Waals surface area contributed by atoms with E-state index in [9.17, 15) is 9.59 Å². The normalized spacial score (nSPS) is 34.0. The molecule has 5 atom stereocenters. The second kappa shape index (κ2) is 9.77. The summed E-state index contributed by atoms with van der Waals surface area (Å²) in [6.07, 6.45) is 3.16. The van der Waals surface area contributed by atoms with Crippen molar-refractivity contribution in [3.63, 3.8) is 0 Å². The molecule has 39 heavy (non-hydrogen) atoms. The molecular formula is C32H56O5Si2. The molecule has 7 heteroatoms. The van der Waals surface area contributed by atoms with Gasteiger partial charge in [-0.15, -0.1) is 0 Å². The molecule has 1 saturated carbocycles. The van der Waals surface area contributed by atoms with E-state index in [1.807, 2.05) is 6.08 Å². The number of Topliss-reactive ketones (excluding diaryl/α,β-unsaturated/α-hetero) is 1. The smallest absolute Gasteiger partial charge is 0.307 e. The van der Waals surface area contributed by atoms with Gasteiger partial charge in [-0.3, -0.25) is 9.59 Å². The molecule has 3 aliphatic rings. The van der Waals surface area contributed by atoms with Crippen LogP contribution in [0, 0.1) is 22.7 Å². The van der Waals surface area contributed by atoms with Crippen LogP contribution in [0.3, 0.4) is 0 Å². The summed E-state index contributed by atoms with van der Waals surface area (Å²) >= 11 is 0. The third-order valence-corrected chi connectivity index (χ3v) is 20.4. The van der Waals surface area contributed by atoms with Crippen molar-refractivity contribution in [3.05, 3.63) is 23.8 Å². The fourth-order valence-corrected chi connectivity index (χ4v) is 8.91. The Labute approximate surface area is 240 Å². The van der Waals surface area contributed by atoms with Crippen LogP contribution >= 0.6 is 0 Å². The molecular weight excluding hydrogens is 521 g/mol. The first kappa shape index (κ1) is 32.5. The first-order valence-electron chi connectivity index (χ1n) is 14.8. The van der Waals surface area contributed by atoms with Crippen LogP contribution in [0.4, 0.5) is 0 Å². The lowest BCUT2D eigenvalue weighted by atomic mass is 9.64. The van der Waals surface area contributed by atoms with Crippen LogP contribution in [0.5, 0.6) is 0 Å². The van der Waals surface area contributed by atoms with Crippen molar-refractivity contribution < 1.29 is 23.2 Å². The highest BCUT2D eigenvalue weighted by Crippen LogP contribution is 2.63. The fourth-order valence-electron chi connectivity index (χ4n) is 6.53. The Hall–Kier alpha value is -1.03. The molecule has 0 aromatic carbocycles. The van der Waals surface area contributed by atoms with Gasteiger partial charge in [0.05, 0.1) is 24.5 Å². The maximum Gasteiger partial charge on any atom is 0.307 e.